The summed E-state index contributed by atoms with van der Waals surface area (Å²) in [4.78, 5) is 35.5. The molecule has 24 heavy (non-hydrogen) atoms. The van der Waals surface area contributed by atoms with Crippen LogP contribution in [0.4, 0.5) is 10.6 Å². The van der Waals surface area contributed by atoms with Gasteiger partial charge in [-0.1, -0.05) is 0 Å². The van der Waals surface area contributed by atoms with Gasteiger partial charge in [0, 0.05) is 20.1 Å². The third-order valence-electron chi connectivity index (χ3n) is 3.75. The molecule has 0 aliphatic carbocycles. The summed E-state index contributed by atoms with van der Waals surface area (Å²) in [5.41, 5.74) is -0.346. The number of amides is 1. The van der Waals surface area contributed by atoms with Crippen molar-refractivity contribution in [2.24, 2.45) is 0 Å². The second-order valence-electron chi connectivity index (χ2n) is 6.73. The fourth-order valence-electron chi connectivity index (χ4n) is 2.44. The molecule has 1 aliphatic rings. The zero-order valence-corrected chi connectivity index (χ0v) is 14.8. The molecule has 2 heterocycles. The lowest BCUT2D eigenvalue weighted by molar-refractivity contribution is 0.0237. The number of likely N-dealkylation sites (N-methyl/N-ethyl adjacent to an activating group) is 1. The number of ether oxygens (including phenoxy) is 2. The van der Waals surface area contributed by atoms with Gasteiger partial charge in [-0.3, -0.25) is 0 Å². The average Bonchev–Trinajstić information content (AvgIpc) is 3.01. The van der Waals surface area contributed by atoms with Gasteiger partial charge in [0.05, 0.1) is 25.5 Å². The van der Waals surface area contributed by atoms with Crippen LogP contribution in [0.3, 0.4) is 0 Å². The first-order valence-electron chi connectivity index (χ1n) is 7.82. The molecule has 1 aromatic heterocycles. The molecule has 132 valence electrons. The van der Waals surface area contributed by atoms with E-state index in [0.717, 1.165) is 13.0 Å². The SMILES string of the molecule is COC(=O)c1cnc(N2CC[C@@H](N(C)C(=O)OC(C)(C)C)C2)cn1. The summed E-state index contributed by atoms with van der Waals surface area (Å²) in [6.45, 7) is 6.93. The van der Waals surface area contributed by atoms with Gasteiger partial charge in [-0.15, -0.1) is 0 Å². The van der Waals surface area contributed by atoms with E-state index >= 15 is 0 Å². The minimum Gasteiger partial charge on any atom is -0.464 e. The fraction of sp³-hybridized carbons (Fsp3) is 0.625. The highest BCUT2D eigenvalue weighted by Gasteiger charge is 2.31. The van der Waals surface area contributed by atoms with Gasteiger partial charge in [0.1, 0.15) is 11.4 Å². The van der Waals surface area contributed by atoms with Gasteiger partial charge in [-0.05, 0) is 27.2 Å². The van der Waals surface area contributed by atoms with Crippen LogP contribution in [-0.2, 0) is 9.47 Å². The molecular weight excluding hydrogens is 312 g/mol. The molecule has 0 N–H and O–H groups in total. The number of aromatic nitrogens is 2. The second kappa shape index (κ2) is 7.02. The fourth-order valence-corrected chi connectivity index (χ4v) is 2.44. The number of nitrogens with zero attached hydrogens (tertiary/aromatic N) is 4. The van der Waals surface area contributed by atoms with Gasteiger partial charge in [0.2, 0.25) is 0 Å². The van der Waals surface area contributed by atoms with Crippen molar-refractivity contribution in [3.05, 3.63) is 18.1 Å². The first kappa shape index (κ1) is 18.0. The maximum atomic E-state index is 12.1. The molecule has 1 fully saturated rings. The quantitative estimate of drug-likeness (QED) is 0.777. The summed E-state index contributed by atoms with van der Waals surface area (Å²) in [6, 6.07) is 0.0435. The first-order valence-corrected chi connectivity index (χ1v) is 7.82. The highest BCUT2D eigenvalue weighted by Crippen LogP contribution is 2.21. The normalized spacial score (nSPS) is 17.5. The maximum Gasteiger partial charge on any atom is 0.410 e. The molecule has 2 rings (SSSR count). The van der Waals surface area contributed by atoms with Gasteiger partial charge in [-0.25, -0.2) is 19.6 Å². The van der Waals surface area contributed by atoms with Crippen molar-refractivity contribution in [1.82, 2.24) is 14.9 Å². The van der Waals surface area contributed by atoms with E-state index in [0.29, 0.717) is 12.4 Å². The lowest BCUT2D eigenvalue weighted by Gasteiger charge is -2.28. The monoisotopic (exact) mass is 336 g/mol. The Morgan fingerprint density at radius 1 is 1.29 bits per heavy atom. The molecule has 1 atom stereocenters. The van der Waals surface area contributed by atoms with Gasteiger partial charge in [0.15, 0.2) is 5.69 Å². The molecular formula is C16H24N4O4. The Morgan fingerprint density at radius 3 is 2.54 bits per heavy atom. The number of hydrogen-bond acceptors (Lipinski definition) is 7. The predicted octanol–water partition coefficient (Wildman–Crippen LogP) is 1.71. The number of esters is 1. The Labute approximate surface area is 141 Å². The van der Waals surface area contributed by atoms with Gasteiger partial charge < -0.3 is 19.3 Å². The van der Waals surface area contributed by atoms with Crippen molar-refractivity contribution in [2.75, 3.05) is 32.1 Å². The Hall–Kier alpha value is -2.38. The van der Waals surface area contributed by atoms with Crippen LogP contribution in [0.5, 0.6) is 0 Å². The molecule has 0 spiro atoms. The molecule has 0 aromatic carbocycles. The van der Waals surface area contributed by atoms with Crippen LogP contribution in [0.25, 0.3) is 0 Å². The molecule has 0 saturated carbocycles. The van der Waals surface area contributed by atoms with E-state index in [1.807, 2.05) is 25.7 Å². The van der Waals surface area contributed by atoms with E-state index < -0.39 is 11.6 Å². The summed E-state index contributed by atoms with van der Waals surface area (Å²) in [7, 11) is 3.05. The minimum absolute atomic E-state index is 0.0435. The van der Waals surface area contributed by atoms with E-state index in [2.05, 4.69) is 14.7 Å². The Bertz CT molecular complexity index is 597. The van der Waals surface area contributed by atoms with Crippen LogP contribution in [0, 0.1) is 0 Å². The van der Waals surface area contributed by atoms with Gasteiger partial charge >= 0.3 is 12.1 Å². The first-order chi connectivity index (χ1) is 11.2. The van der Waals surface area contributed by atoms with Crippen LogP contribution in [-0.4, -0.2) is 65.8 Å². The number of methoxy groups -OCH3 is 1. The van der Waals surface area contributed by atoms with Crippen LogP contribution < -0.4 is 4.90 Å². The van der Waals surface area contributed by atoms with Crippen LogP contribution in [0.2, 0.25) is 0 Å². The predicted molar refractivity (Wildman–Crippen MR) is 88.0 cm³/mol. The summed E-state index contributed by atoms with van der Waals surface area (Å²) >= 11 is 0. The molecule has 8 nitrogen and oxygen atoms in total. The summed E-state index contributed by atoms with van der Waals surface area (Å²) in [5.74, 6) is 0.153. The molecule has 0 bridgehead atoms. The largest absolute Gasteiger partial charge is 0.464 e. The third kappa shape index (κ3) is 4.33. The number of anilines is 1. The maximum absolute atomic E-state index is 12.1. The third-order valence-corrected chi connectivity index (χ3v) is 3.75. The van der Waals surface area contributed by atoms with E-state index in [1.165, 1.54) is 13.3 Å². The number of carbonyl (C=O) groups excluding carboxylic acids is 2. The topological polar surface area (TPSA) is 84.9 Å². The molecule has 1 amide bonds. The lowest BCUT2D eigenvalue weighted by atomic mass is 10.2. The Morgan fingerprint density at radius 2 is 2.00 bits per heavy atom. The number of hydrogen-bond donors (Lipinski definition) is 0. The highest BCUT2D eigenvalue weighted by molar-refractivity contribution is 5.86. The summed E-state index contributed by atoms with van der Waals surface area (Å²) < 4.78 is 10.00. The van der Waals surface area contributed by atoms with Crippen LogP contribution in [0.1, 0.15) is 37.7 Å². The summed E-state index contributed by atoms with van der Waals surface area (Å²) in [6.07, 6.45) is 3.42. The number of rotatable bonds is 3. The summed E-state index contributed by atoms with van der Waals surface area (Å²) in [5, 5.41) is 0. The second-order valence-corrected chi connectivity index (χ2v) is 6.73. The van der Waals surface area contributed by atoms with Crippen molar-refractivity contribution >= 4 is 17.9 Å². The number of carbonyl (C=O) groups is 2. The van der Waals surface area contributed by atoms with E-state index in [1.54, 1.807) is 18.1 Å². The van der Waals surface area contributed by atoms with Crippen molar-refractivity contribution in [3.8, 4) is 0 Å². The molecule has 1 aromatic rings. The Kier molecular flexibility index (Phi) is 5.26. The molecule has 1 aliphatic heterocycles. The van der Waals surface area contributed by atoms with E-state index in [9.17, 15) is 9.59 Å². The van der Waals surface area contributed by atoms with Crippen LogP contribution in [0.15, 0.2) is 12.4 Å². The molecule has 0 unspecified atom stereocenters. The molecule has 0 radical (unpaired) electrons. The van der Waals surface area contributed by atoms with Gasteiger partial charge in [0.25, 0.3) is 0 Å². The van der Waals surface area contributed by atoms with E-state index in [4.69, 9.17) is 4.74 Å². The minimum atomic E-state index is -0.516. The Balaban J connectivity index is 1.97. The standard InChI is InChI=1S/C16H24N4O4/c1-16(2,3)24-15(22)19(4)11-6-7-20(10-11)13-9-17-12(8-18-13)14(21)23-5/h8-9,11H,6-7,10H2,1-5H3/t11-/m1/s1. The molecule has 1 saturated heterocycles. The van der Waals surface area contributed by atoms with Gasteiger partial charge in [-0.2, -0.15) is 0 Å². The van der Waals surface area contributed by atoms with Crippen molar-refractivity contribution in [1.29, 1.82) is 0 Å². The zero-order chi connectivity index (χ0) is 17.9. The highest BCUT2D eigenvalue weighted by atomic mass is 16.6. The smallest absolute Gasteiger partial charge is 0.410 e. The molecule has 8 heteroatoms. The van der Waals surface area contributed by atoms with Crippen molar-refractivity contribution < 1.29 is 19.1 Å². The van der Waals surface area contributed by atoms with Crippen LogP contribution >= 0.6 is 0 Å². The van der Waals surface area contributed by atoms with E-state index in [-0.39, 0.29) is 17.8 Å². The van der Waals surface area contributed by atoms with Crippen molar-refractivity contribution in [3.63, 3.8) is 0 Å². The average molecular weight is 336 g/mol. The zero-order valence-electron chi connectivity index (χ0n) is 14.8. The van der Waals surface area contributed by atoms with Crippen molar-refractivity contribution in [2.45, 2.75) is 38.8 Å². The lowest BCUT2D eigenvalue weighted by Crippen LogP contribution is -2.42.